The lowest BCUT2D eigenvalue weighted by molar-refractivity contribution is -0.133. The third kappa shape index (κ3) is 3.56. The van der Waals surface area contributed by atoms with Gasteiger partial charge in [0.2, 0.25) is 5.91 Å². The van der Waals surface area contributed by atoms with Gasteiger partial charge in [-0.1, -0.05) is 0 Å². The lowest BCUT2D eigenvalue weighted by Crippen LogP contribution is -2.49. The van der Waals surface area contributed by atoms with Crippen molar-refractivity contribution in [3.63, 3.8) is 0 Å². The summed E-state index contributed by atoms with van der Waals surface area (Å²) in [5, 5.41) is 4.35. The number of nitrogens with zero attached hydrogens (tertiary/aromatic N) is 3. The molecule has 1 aromatic rings. The van der Waals surface area contributed by atoms with E-state index in [4.69, 9.17) is 0 Å². The maximum atomic E-state index is 12.3. The summed E-state index contributed by atoms with van der Waals surface area (Å²) in [6.45, 7) is 10.1. The topological polar surface area (TPSA) is 48.5 Å². The standard InChI is InChI=1S/C14H24N4OS/c1-10(14-11(2)20-12(3)16-14)17(4)9-13(19)18-7-5-15-6-8-18/h10,15H,5-9H2,1-4H3. The second kappa shape index (κ2) is 6.65. The first-order valence-corrected chi connectivity index (χ1v) is 7.93. The van der Waals surface area contributed by atoms with Crippen LogP contribution in [0.25, 0.3) is 0 Å². The number of hydrogen-bond donors (Lipinski definition) is 1. The first-order chi connectivity index (χ1) is 9.49. The highest BCUT2D eigenvalue weighted by molar-refractivity contribution is 7.11. The van der Waals surface area contributed by atoms with Gasteiger partial charge in [-0.05, 0) is 27.8 Å². The van der Waals surface area contributed by atoms with Gasteiger partial charge >= 0.3 is 0 Å². The molecule has 0 bridgehead atoms. The number of nitrogens with one attached hydrogen (secondary N) is 1. The zero-order valence-corrected chi connectivity index (χ0v) is 13.6. The van der Waals surface area contributed by atoms with Crippen LogP contribution >= 0.6 is 11.3 Å². The van der Waals surface area contributed by atoms with Crippen LogP contribution in [-0.4, -0.2) is 60.5 Å². The molecule has 5 nitrogen and oxygen atoms in total. The Bertz CT molecular complexity index is 468. The molecule has 1 saturated heterocycles. The van der Waals surface area contributed by atoms with Gasteiger partial charge in [-0.3, -0.25) is 9.69 Å². The first kappa shape index (κ1) is 15.4. The fourth-order valence-corrected chi connectivity index (χ4v) is 3.41. The number of hydrogen-bond acceptors (Lipinski definition) is 5. The van der Waals surface area contributed by atoms with Crippen LogP contribution in [0.15, 0.2) is 0 Å². The fourth-order valence-electron chi connectivity index (χ4n) is 2.51. The molecular weight excluding hydrogens is 272 g/mol. The number of likely N-dealkylation sites (N-methyl/N-ethyl adjacent to an activating group) is 1. The maximum absolute atomic E-state index is 12.3. The number of rotatable bonds is 4. The summed E-state index contributed by atoms with van der Waals surface area (Å²) in [5.74, 6) is 0.213. The van der Waals surface area contributed by atoms with Crippen molar-refractivity contribution in [2.24, 2.45) is 0 Å². The second-order valence-corrected chi connectivity index (χ2v) is 6.80. The van der Waals surface area contributed by atoms with E-state index in [1.54, 1.807) is 11.3 Å². The van der Waals surface area contributed by atoms with Gasteiger partial charge in [0.1, 0.15) is 0 Å². The molecular formula is C14H24N4OS. The van der Waals surface area contributed by atoms with Crippen LogP contribution < -0.4 is 5.32 Å². The van der Waals surface area contributed by atoms with Gasteiger partial charge in [-0.2, -0.15) is 0 Å². The molecule has 1 aliphatic heterocycles. The number of carbonyl (C=O) groups excluding carboxylic acids is 1. The maximum Gasteiger partial charge on any atom is 0.236 e. The minimum absolute atomic E-state index is 0.173. The Kier molecular flexibility index (Phi) is 5.12. The molecule has 112 valence electrons. The van der Waals surface area contributed by atoms with Crippen molar-refractivity contribution in [3.05, 3.63) is 15.6 Å². The number of aryl methyl sites for hydroxylation is 2. The van der Waals surface area contributed by atoms with Gasteiger partial charge in [0.15, 0.2) is 0 Å². The van der Waals surface area contributed by atoms with Gasteiger partial charge in [0, 0.05) is 31.1 Å². The van der Waals surface area contributed by atoms with E-state index in [0.29, 0.717) is 6.54 Å². The zero-order chi connectivity index (χ0) is 14.7. The van der Waals surface area contributed by atoms with E-state index >= 15 is 0 Å². The van der Waals surface area contributed by atoms with Crippen molar-refractivity contribution in [1.82, 2.24) is 20.1 Å². The summed E-state index contributed by atoms with van der Waals surface area (Å²) in [6.07, 6.45) is 0. The highest BCUT2D eigenvalue weighted by Gasteiger charge is 2.22. The molecule has 0 radical (unpaired) electrons. The zero-order valence-electron chi connectivity index (χ0n) is 12.8. The van der Waals surface area contributed by atoms with E-state index in [2.05, 4.69) is 29.0 Å². The van der Waals surface area contributed by atoms with Gasteiger partial charge < -0.3 is 10.2 Å². The third-order valence-electron chi connectivity index (χ3n) is 3.85. The molecule has 0 aliphatic carbocycles. The summed E-state index contributed by atoms with van der Waals surface area (Å²) in [6, 6.07) is 0.173. The summed E-state index contributed by atoms with van der Waals surface area (Å²) in [4.78, 5) is 22.1. The average molecular weight is 296 g/mol. The number of piperazine rings is 1. The van der Waals surface area contributed by atoms with E-state index in [1.165, 1.54) is 4.88 Å². The SMILES string of the molecule is Cc1nc(C(C)N(C)CC(=O)N2CCNCC2)c(C)s1. The molecule has 1 atom stereocenters. The summed E-state index contributed by atoms with van der Waals surface area (Å²) >= 11 is 1.72. The number of amides is 1. The number of aromatic nitrogens is 1. The lowest BCUT2D eigenvalue weighted by Gasteiger charge is -2.31. The monoisotopic (exact) mass is 296 g/mol. The molecule has 20 heavy (non-hydrogen) atoms. The number of thiazole rings is 1. The van der Waals surface area contributed by atoms with E-state index in [-0.39, 0.29) is 11.9 Å². The van der Waals surface area contributed by atoms with Crippen molar-refractivity contribution >= 4 is 17.2 Å². The van der Waals surface area contributed by atoms with Crippen LogP contribution in [0.2, 0.25) is 0 Å². The Hall–Kier alpha value is -0.980. The van der Waals surface area contributed by atoms with Crippen LogP contribution in [0, 0.1) is 13.8 Å². The van der Waals surface area contributed by atoms with Crippen LogP contribution in [-0.2, 0) is 4.79 Å². The van der Waals surface area contributed by atoms with E-state index in [1.807, 2.05) is 18.9 Å². The Labute approximate surface area is 125 Å². The largest absolute Gasteiger partial charge is 0.339 e. The number of carbonyl (C=O) groups is 1. The van der Waals surface area contributed by atoms with Crippen LogP contribution in [0.4, 0.5) is 0 Å². The van der Waals surface area contributed by atoms with Crippen LogP contribution in [0.1, 0.15) is 28.5 Å². The minimum Gasteiger partial charge on any atom is -0.339 e. The van der Waals surface area contributed by atoms with Gasteiger partial charge in [-0.15, -0.1) is 11.3 Å². The molecule has 2 heterocycles. The molecule has 1 aliphatic rings. The van der Waals surface area contributed by atoms with Crippen LogP contribution in [0.5, 0.6) is 0 Å². The molecule has 1 N–H and O–H groups in total. The fraction of sp³-hybridized carbons (Fsp3) is 0.714. The molecule has 0 aromatic carbocycles. The average Bonchev–Trinajstić information content (AvgIpc) is 2.77. The lowest BCUT2D eigenvalue weighted by atomic mass is 10.2. The van der Waals surface area contributed by atoms with Gasteiger partial charge in [0.25, 0.3) is 0 Å². The predicted octanol–water partition coefficient (Wildman–Crippen LogP) is 1.18. The summed E-state index contributed by atoms with van der Waals surface area (Å²) < 4.78 is 0. The second-order valence-electron chi connectivity index (χ2n) is 5.40. The van der Waals surface area contributed by atoms with E-state index < -0.39 is 0 Å². The van der Waals surface area contributed by atoms with Crippen molar-refractivity contribution in [1.29, 1.82) is 0 Å². The molecule has 0 saturated carbocycles. The summed E-state index contributed by atoms with van der Waals surface area (Å²) in [5.41, 5.74) is 1.10. The van der Waals surface area contributed by atoms with E-state index in [0.717, 1.165) is 36.9 Å². The highest BCUT2D eigenvalue weighted by atomic mass is 32.1. The summed E-state index contributed by atoms with van der Waals surface area (Å²) in [7, 11) is 2.00. The van der Waals surface area contributed by atoms with Crippen molar-refractivity contribution in [3.8, 4) is 0 Å². The smallest absolute Gasteiger partial charge is 0.236 e. The third-order valence-corrected chi connectivity index (χ3v) is 4.75. The van der Waals surface area contributed by atoms with E-state index in [9.17, 15) is 4.79 Å². The molecule has 0 spiro atoms. The molecule has 6 heteroatoms. The molecule has 1 amide bonds. The van der Waals surface area contributed by atoms with Crippen molar-refractivity contribution in [2.75, 3.05) is 39.8 Å². The highest BCUT2D eigenvalue weighted by Crippen LogP contribution is 2.25. The quantitative estimate of drug-likeness (QED) is 0.906. The normalized spacial score (nSPS) is 17.6. The Morgan fingerprint density at radius 1 is 1.45 bits per heavy atom. The van der Waals surface area contributed by atoms with Crippen molar-refractivity contribution in [2.45, 2.75) is 26.8 Å². The van der Waals surface area contributed by atoms with Crippen LogP contribution in [0.3, 0.4) is 0 Å². The predicted molar refractivity (Wildman–Crippen MR) is 82.1 cm³/mol. The molecule has 1 unspecified atom stereocenters. The first-order valence-electron chi connectivity index (χ1n) is 7.11. The molecule has 1 fully saturated rings. The Morgan fingerprint density at radius 2 is 2.10 bits per heavy atom. The molecule has 1 aromatic heterocycles. The molecule has 2 rings (SSSR count). The minimum atomic E-state index is 0.173. The van der Waals surface area contributed by atoms with Gasteiger partial charge in [0.05, 0.1) is 23.3 Å². The Morgan fingerprint density at radius 3 is 2.65 bits per heavy atom. The Balaban J connectivity index is 1.95. The van der Waals surface area contributed by atoms with Gasteiger partial charge in [-0.25, -0.2) is 4.98 Å². The van der Waals surface area contributed by atoms with Crippen molar-refractivity contribution < 1.29 is 4.79 Å².